The van der Waals surface area contributed by atoms with E-state index in [1.165, 1.54) is 18.4 Å². The number of phenols is 1. The first-order valence-corrected chi connectivity index (χ1v) is 6.65. The van der Waals surface area contributed by atoms with Crippen LogP contribution in [0.5, 0.6) is 5.75 Å². The van der Waals surface area contributed by atoms with Gasteiger partial charge in [0.1, 0.15) is 5.75 Å². The molecular weight excluding hydrogens is 266 g/mol. The van der Waals surface area contributed by atoms with Crippen molar-refractivity contribution in [1.29, 1.82) is 0 Å². The van der Waals surface area contributed by atoms with E-state index < -0.39 is 0 Å². The Morgan fingerprint density at radius 3 is 3.00 bits per heavy atom. The van der Waals surface area contributed by atoms with E-state index in [4.69, 9.17) is 0 Å². The second kappa shape index (κ2) is 5.19. The smallest absolute Gasteiger partial charge is 0.116 e. The summed E-state index contributed by atoms with van der Waals surface area (Å²) in [6.07, 6.45) is 3.59. The number of hydrogen-bond donors (Lipinski definition) is 2. The molecule has 1 unspecified atom stereocenters. The van der Waals surface area contributed by atoms with Crippen LogP contribution in [-0.2, 0) is 6.42 Å². The van der Waals surface area contributed by atoms with Gasteiger partial charge in [0.2, 0.25) is 0 Å². The summed E-state index contributed by atoms with van der Waals surface area (Å²) >= 11 is 3.61. The van der Waals surface area contributed by atoms with Gasteiger partial charge in [0.15, 0.2) is 0 Å². The molecule has 0 bridgehead atoms. The zero-order valence-electron chi connectivity index (χ0n) is 9.59. The number of halogens is 1. The van der Waals surface area contributed by atoms with Gasteiger partial charge in [0, 0.05) is 4.47 Å². The van der Waals surface area contributed by atoms with Gasteiger partial charge in [-0.1, -0.05) is 15.9 Å². The van der Waals surface area contributed by atoms with E-state index in [-0.39, 0.29) is 0 Å². The molecule has 1 aliphatic heterocycles. The maximum atomic E-state index is 9.61. The number of benzene rings is 1. The second-order valence-corrected chi connectivity index (χ2v) is 5.45. The molecule has 0 amide bonds. The number of rotatable bonds is 2. The Labute approximate surface area is 105 Å². The normalized spacial score (nSPS) is 21.0. The molecule has 1 heterocycles. The van der Waals surface area contributed by atoms with Crippen LogP contribution in [-0.4, -0.2) is 18.2 Å². The van der Waals surface area contributed by atoms with E-state index in [0.717, 1.165) is 29.5 Å². The first kappa shape index (κ1) is 11.9. The Hall–Kier alpha value is -0.540. The van der Waals surface area contributed by atoms with Crippen molar-refractivity contribution in [3.8, 4) is 5.75 Å². The van der Waals surface area contributed by atoms with Gasteiger partial charge in [-0.3, -0.25) is 0 Å². The molecule has 16 heavy (non-hydrogen) atoms. The molecule has 1 aromatic carbocycles. The van der Waals surface area contributed by atoms with Gasteiger partial charge >= 0.3 is 0 Å². The minimum Gasteiger partial charge on any atom is -0.508 e. The van der Waals surface area contributed by atoms with Crippen molar-refractivity contribution < 1.29 is 5.11 Å². The standard InChI is InChI=1S/C13H18BrNO/c1-9-5-12(16)7-11(13(9)14)6-10-3-2-4-15-8-10/h5,7,10,15-16H,2-4,6,8H2,1H3. The summed E-state index contributed by atoms with van der Waals surface area (Å²) in [5.74, 6) is 1.07. The first-order chi connectivity index (χ1) is 7.66. The van der Waals surface area contributed by atoms with Gasteiger partial charge in [-0.05, 0) is 68.5 Å². The Morgan fingerprint density at radius 2 is 2.31 bits per heavy atom. The van der Waals surface area contributed by atoms with Gasteiger partial charge in [-0.15, -0.1) is 0 Å². The van der Waals surface area contributed by atoms with Gasteiger partial charge < -0.3 is 10.4 Å². The van der Waals surface area contributed by atoms with Crippen LogP contribution in [0.2, 0.25) is 0 Å². The molecule has 1 saturated heterocycles. The average molecular weight is 284 g/mol. The largest absolute Gasteiger partial charge is 0.508 e. The fraction of sp³-hybridized carbons (Fsp3) is 0.538. The summed E-state index contributed by atoms with van der Waals surface area (Å²) < 4.78 is 1.15. The van der Waals surface area contributed by atoms with Crippen molar-refractivity contribution in [2.75, 3.05) is 13.1 Å². The fourth-order valence-electron chi connectivity index (χ4n) is 2.38. The van der Waals surface area contributed by atoms with Crippen molar-refractivity contribution in [2.24, 2.45) is 5.92 Å². The van der Waals surface area contributed by atoms with Gasteiger partial charge in [0.05, 0.1) is 0 Å². The Kier molecular flexibility index (Phi) is 3.87. The Balaban J connectivity index is 2.13. The Bertz CT molecular complexity index is 372. The SMILES string of the molecule is Cc1cc(O)cc(CC2CCCNC2)c1Br. The third-order valence-corrected chi connectivity index (χ3v) is 4.36. The maximum Gasteiger partial charge on any atom is 0.116 e. The zero-order valence-corrected chi connectivity index (χ0v) is 11.2. The molecule has 88 valence electrons. The predicted molar refractivity (Wildman–Crippen MR) is 69.8 cm³/mol. The van der Waals surface area contributed by atoms with Crippen molar-refractivity contribution in [2.45, 2.75) is 26.2 Å². The maximum absolute atomic E-state index is 9.61. The van der Waals surface area contributed by atoms with Gasteiger partial charge in [0.25, 0.3) is 0 Å². The third-order valence-electron chi connectivity index (χ3n) is 3.22. The van der Waals surface area contributed by atoms with Crippen molar-refractivity contribution in [3.63, 3.8) is 0 Å². The molecular formula is C13H18BrNO. The summed E-state index contributed by atoms with van der Waals surface area (Å²) in [5.41, 5.74) is 2.34. The van der Waals surface area contributed by atoms with Crippen molar-refractivity contribution in [3.05, 3.63) is 27.7 Å². The van der Waals surface area contributed by atoms with Crippen LogP contribution in [0.1, 0.15) is 24.0 Å². The molecule has 3 heteroatoms. The monoisotopic (exact) mass is 283 g/mol. The highest BCUT2D eigenvalue weighted by Gasteiger charge is 2.16. The van der Waals surface area contributed by atoms with E-state index in [1.54, 1.807) is 6.07 Å². The summed E-state index contributed by atoms with van der Waals surface area (Å²) in [7, 11) is 0. The van der Waals surface area contributed by atoms with E-state index in [1.807, 2.05) is 13.0 Å². The van der Waals surface area contributed by atoms with Crippen molar-refractivity contribution >= 4 is 15.9 Å². The number of nitrogens with one attached hydrogen (secondary N) is 1. The molecule has 2 nitrogen and oxygen atoms in total. The third kappa shape index (κ3) is 2.77. The number of hydrogen-bond acceptors (Lipinski definition) is 2. The second-order valence-electron chi connectivity index (χ2n) is 4.65. The minimum atomic E-state index is 0.375. The highest BCUT2D eigenvalue weighted by molar-refractivity contribution is 9.10. The molecule has 1 atom stereocenters. The molecule has 0 saturated carbocycles. The summed E-state index contributed by atoms with van der Waals surface area (Å²) in [6, 6.07) is 3.68. The molecule has 1 fully saturated rings. The van der Waals surface area contributed by atoms with E-state index in [0.29, 0.717) is 11.7 Å². The molecule has 0 aromatic heterocycles. The van der Waals surface area contributed by atoms with E-state index in [2.05, 4.69) is 21.2 Å². The molecule has 0 spiro atoms. The van der Waals surface area contributed by atoms with Crippen LogP contribution in [0.15, 0.2) is 16.6 Å². The van der Waals surface area contributed by atoms with Crippen LogP contribution in [0, 0.1) is 12.8 Å². The quantitative estimate of drug-likeness (QED) is 0.875. The number of aromatic hydroxyl groups is 1. The lowest BCUT2D eigenvalue weighted by atomic mass is 9.92. The van der Waals surface area contributed by atoms with Crippen LogP contribution in [0.4, 0.5) is 0 Å². The lowest BCUT2D eigenvalue weighted by Crippen LogP contribution is -2.30. The Morgan fingerprint density at radius 1 is 1.50 bits per heavy atom. The first-order valence-electron chi connectivity index (χ1n) is 5.85. The van der Waals surface area contributed by atoms with Crippen LogP contribution >= 0.6 is 15.9 Å². The molecule has 0 radical (unpaired) electrons. The van der Waals surface area contributed by atoms with E-state index >= 15 is 0 Å². The van der Waals surface area contributed by atoms with Gasteiger partial charge in [-0.25, -0.2) is 0 Å². The van der Waals surface area contributed by atoms with Gasteiger partial charge in [-0.2, -0.15) is 0 Å². The fourth-order valence-corrected chi connectivity index (χ4v) is 2.77. The highest BCUT2D eigenvalue weighted by atomic mass is 79.9. The summed E-state index contributed by atoms with van der Waals surface area (Å²) in [6.45, 7) is 4.27. The number of phenolic OH excluding ortho intramolecular Hbond substituents is 1. The molecule has 1 aliphatic rings. The molecule has 2 N–H and O–H groups in total. The van der Waals surface area contributed by atoms with Crippen LogP contribution in [0.25, 0.3) is 0 Å². The lowest BCUT2D eigenvalue weighted by molar-refractivity contribution is 0.375. The molecule has 2 rings (SSSR count). The average Bonchev–Trinajstić information content (AvgIpc) is 2.27. The highest BCUT2D eigenvalue weighted by Crippen LogP contribution is 2.29. The number of piperidine rings is 1. The number of aryl methyl sites for hydroxylation is 1. The predicted octanol–water partition coefficient (Wildman–Crippen LogP) is 3.01. The zero-order chi connectivity index (χ0) is 11.5. The van der Waals surface area contributed by atoms with E-state index in [9.17, 15) is 5.11 Å². The van der Waals surface area contributed by atoms with Crippen molar-refractivity contribution in [1.82, 2.24) is 5.32 Å². The van der Waals surface area contributed by atoms with Crippen LogP contribution < -0.4 is 5.32 Å². The topological polar surface area (TPSA) is 32.3 Å². The molecule has 1 aromatic rings. The summed E-state index contributed by atoms with van der Waals surface area (Å²) in [4.78, 5) is 0. The molecule has 0 aliphatic carbocycles. The van der Waals surface area contributed by atoms with Crippen LogP contribution in [0.3, 0.4) is 0 Å². The summed E-state index contributed by atoms with van der Waals surface area (Å²) in [5, 5.41) is 13.0. The minimum absolute atomic E-state index is 0.375. The lowest BCUT2D eigenvalue weighted by Gasteiger charge is -2.23.